The van der Waals surface area contributed by atoms with Crippen molar-refractivity contribution in [2.75, 3.05) is 0 Å². The second kappa shape index (κ2) is 10.4. The topological polar surface area (TPSA) is 83.5 Å². The van der Waals surface area contributed by atoms with E-state index in [0.29, 0.717) is 11.7 Å². The molecule has 4 atom stereocenters. The Balaban J connectivity index is 1.36. The van der Waals surface area contributed by atoms with Crippen LogP contribution < -0.4 is 4.74 Å². The first-order valence-corrected chi connectivity index (χ1v) is 13.3. The summed E-state index contributed by atoms with van der Waals surface area (Å²) in [6.45, 7) is 5.42. The number of aromatic nitrogens is 7. The Kier molecular flexibility index (Phi) is 7.12. The van der Waals surface area contributed by atoms with E-state index in [4.69, 9.17) is 4.74 Å². The standard InChI is InChI=1S/C24H32FN7OS/c1-3-4-11-31-23(27-29-30-31)15-34-24-28-26-22(14-33-21-8-6-5-7-20(21)25)32(24)16(2)19-13-17-9-10-18(19)12-17/h5-8,16-19H,3-4,9-15H2,1-2H3. The first-order chi connectivity index (χ1) is 16.6. The van der Waals surface area contributed by atoms with Crippen molar-refractivity contribution in [1.29, 1.82) is 0 Å². The number of thioether (sulfide) groups is 1. The van der Waals surface area contributed by atoms with Gasteiger partial charge in [0.15, 0.2) is 28.4 Å². The summed E-state index contributed by atoms with van der Waals surface area (Å²) in [7, 11) is 0. The second-order valence-electron chi connectivity index (χ2n) is 9.53. The second-order valence-corrected chi connectivity index (χ2v) is 10.5. The molecule has 5 rings (SSSR count). The van der Waals surface area contributed by atoms with Crippen LogP contribution in [0.4, 0.5) is 4.39 Å². The predicted octanol–water partition coefficient (Wildman–Crippen LogP) is 5.07. The van der Waals surface area contributed by atoms with E-state index >= 15 is 0 Å². The van der Waals surface area contributed by atoms with E-state index < -0.39 is 0 Å². The number of ether oxygens (including phenoxy) is 1. The Hall–Kier alpha value is -2.49. The van der Waals surface area contributed by atoms with Crippen LogP contribution in [-0.2, 0) is 18.9 Å². The molecule has 1 aromatic carbocycles. The highest BCUT2D eigenvalue weighted by Gasteiger charge is 2.43. The summed E-state index contributed by atoms with van der Waals surface area (Å²) in [6.07, 6.45) is 7.41. The molecule has 2 aromatic heterocycles. The SMILES string of the molecule is CCCCn1nnnc1CSc1nnc(COc2ccccc2F)n1C(C)C1CC2CCC1C2. The van der Waals surface area contributed by atoms with Gasteiger partial charge in [-0.3, -0.25) is 4.57 Å². The number of nitrogens with zero attached hydrogens (tertiary/aromatic N) is 7. The molecular formula is C24H32FN7OS. The Morgan fingerprint density at radius 3 is 2.79 bits per heavy atom. The molecule has 0 aliphatic heterocycles. The van der Waals surface area contributed by atoms with Gasteiger partial charge in [-0.25, -0.2) is 9.07 Å². The van der Waals surface area contributed by atoms with Crippen molar-refractivity contribution in [3.05, 3.63) is 41.7 Å². The van der Waals surface area contributed by atoms with E-state index in [1.807, 2.05) is 4.68 Å². The van der Waals surface area contributed by atoms with Gasteiger partial charge in [0.05, 0.1) is 5.75 Å². The Morgan fingerprint density at radius 1 is 1.15 bits per heavy atom. The number of hydrogen-bond acceptors (Lipinski definition) is 7. The van der Waals surface area contributed by atoms with Crippen LogP contribution in [0.2, 0.25) is 0 Å². The van der Waals surface area contributed by atoms with Crippen molar-refractivity contribution in [3.8, 4) is 5.75 Å². The number of fused-ring (bicyclic) bond motifs is 2. The molecule has 0 N–H and O–H groups in total. The minimum atomic E-state index is -0.372. The summed E-state index contributed by atoms with van der Waals surface area (Å²) in [5.41, 5.74) is 0. The average molecular weight is 486 g/mol. The highest BCUT2D eigenvalue weighted by atomic mass is 32.2. The molecule has 8 nitrogen and oxygen atoms in total. The van der Waals surface area contributed by atoms with E-state index in [9.17, 15) is 4.39 Å². The molecule has 0 spiro atoms. The fourth-order valence-electron chi connectivity index (χ4n) is 5.63. The molecular weight excluding hydrogens is 453 g/mol. The van der Waals surface area contributed by atoms with Crippen molar-refractivity contribution >= 4 is 11.8 Å². The summed E-state index contributed by atoms with van der Waals surface area (Å²) < 4.78 is 24.0. The van der Waals surface area contributed by atoms with Crippen LogP contribution >= 0.6 is 11.8 Å². The van der Waals surface area contributed by atoms with Gasteiger partial charge < -0.3 is 4.74 Å². The summed E-state index contributed by atoms with van der Waals surface area (Å²) in [4.78, 5) is 0. The van der Waals surface area contributed by atoms with Crippen LogP contribution in [0.15, 0.2) is 29.4 Å². The third kappa shape index (κ3) is 4.82. The lowest BCUT2D eigenvalue weighted by Crippen LogP contribution is -2.24. The summed E-state index contributed by atoms with van der Waals surface area (Å²) >= 11 is 1.60. The van der Waals surface area contributed by atoms with E-state index in [2.05, 4.69) is 44.1 Å². The first kappa shape index (κ1) is 23.3. The van der Waals surface area contributed by atoms with Crippen molar-refractivity contribution in [2.24, 2.45) is 17.8 Å². The zero-order valence-corrected chi connectivity index (χ0v) is 20.6. The molecule has 34 heavy (non-hydrogen) atoms. The third-order valence-electron chi connectivity index (χ3n) is 7.41. The maximum Gasteiger partial charge on any atom is 0.192 e. The van der Waals surface area contributed by atoms with Crippen LogP contribution in [-0.4, -0.2) is 35.0 Å². The van der Waals surface area contributed by atoms with Gasteiger partial charge in [0.2, 0.25) is 0 Å². The zero-order chi connectivity index (χ0) is 23.5. The highest BCUT2D eigenvalue weighted by Crippen LogP contribution is 2.52. The summed E-state index contributed by atoms with van der Waals surface area (Å²) in [5, 5.41) is 22.0. The fourth-order valence-corrected chi connectivity index (χ4v) is 6.61. The Labute approximate surface area is 203 Å². The molecule has 0 radical (unpaired) electrons. The van der Waals surface area contributed by atoms with E-state index in [1.54, 1.807) is 30.0 Å². The van der Waals surface area contributed by atoms with Crippen LogP contribution in [0.5, 0.6) is 5.75 Å². The predicted molar refractivity (Wildman–Crippen MR) is 127 cm³/mol. The van der Waals surface area contributed by atoms with Crippen molar-refractivity contribution < 1.29 is 9.13 Å². The largest absolute Gasteiger partial charge is 0.483 e. The summed E-state index contributed by atoms with van der Waals surface area (Å²) in [5.74, 6) is 4.27. The zero-order valence-electron chi connectivity index (χ0n) is 19.8. The van der Waals surface area contributed by atoms with Crippen LogP contribution in [0.1, 0.15) is 70.1 Å². The lowest BCUT2D eigenvalue weighted by atomic mass is 9.84. The molecule has 2 bridgehead atoms. The highest BCUT2D eigenvalue weighted by molar-refractivity contribution is 7.98. The first-order valence-electron chi connectivity index (χ1n) is 12.3. The maximum atomic E-state index is 14.1. The number of tetrazole rings is 1. The lowest BCUT2D eigenvalue weighted by Gasteiger charge is -2.30. The normalized spacial score (nSPS) is 22.4. The molecule has 0 amide bonds. The van der Waals surface area contributed by atoms with E-state index in [0.717, 1.165) is 48.0 Å². The molecule has 3 aromatic rings. The van der Waals surface area contributed by atoms with Gasteiger partial charge in [-0.15, -0.1) is 15.3 Å². The minimum absolute atomic E-state index is 0.174. The van der Waals surface area contributed by atoms with Gasteiger partial charge in [0, 0.05) is 12.6 Å². The lowest BCUT2D eigenvalue weighted by molar-refractivity contribution is 0.215. The molecule has 2 heterocycles. The maximum absolute atomic E-state index is 14.1. The number of aryl methyl sites for hydroxylation is 1. The Morgan fingerprint density at radius 2 is 2.03 bits per heavy atom. The number of rotatable bonds is 11. The molecule has 2 saturated carbocycles. The van der Waals surface area contributed by atoms with Gasteiger partial charge in [-0.1, -0.05) is 43.7 Å². The minimum Gasteiger partial charge on any atom is -0.483 e. The van der Waals surface area contributed by atoms with Gasteiger partial charge >= 0.3 is 0 Å². The number of halogens is 1. The van der Waals surface area contributed by atoms with Crippen LogP contribution in [0.25, 0.3) is 0 Å². The smallest absolute Gasteiger partial charge is 0.192 e. The molecule has 2 fully saturated rings. The molecule has 4 unspecified atom stereocenters. The van der Waals surface area contributed by atoms with Crippen LogP contribution in [0.3, 0.4) is 0 Å². The molecule has 182 valence electrons. The number of unbranched alkanes of at least 4 members (excludes halogenated alkanes) is 1. The van der Waals surface area contributed by atoms with Crippen molar-refractivity contribution in [3.63, 3.8) is 0 Å². The van der Waals surface area contributed by atoms with Gasteiger partial charge in [0.25, 0.3) is 0 Å². The fraction of sp³-hybridized carbons (Fsp3) is 0.625. The quantitative estimate of drug-likeness (QED) is 0.351. The number of para-hydroxylation sites is 1. The molecule has 2 aliphatic rings. The van der Waals surface area contributed by atoms with E-state index in [-0.39, 0.29) is 24.2 Å². The van der Waals surface area contributed by atoms with Crippen LogP contribution in [0, 0.1) is 23.6 Å². The summed E-state index contributed by atoms with van der Waals surface area (Å²) in [6, 6.07) is 6.72. The molecule has 10 heteroatoms. The number of hydrogen-bond donors (Lipinski definition) is 0. The number of benzene rings is 1. The average Bonchev–Trinajstić information content (AvgIpc) is 3.65. The Bertz CT molecular complexity index is 1100. The van der Waals surface area contributed by atoms with Gasteiger partial charge in [-0.2, -0.15) is 0 Å². The van der Waals surface area contributed by atoms with Gasteiger partial charge in [-0.05, 0) is 72.9 Å². The van der Waals surface area contributed by atoms with Gasteiger partial charge in [0.1, 0.15) is 6.61 Å². The van der Waals surface area contributed by atoms with E-state index in [1.165, 1.54) is 31.7 Å². The molecule has 0 saturated heterocycles. The monoisotopic (exact) mass is 485 g/mol. The molecule has 2 aliphatic carbocycles. The van der Waals surface area contributed by atoms with Crippen molar-refractivity contribution in [2.45, 2.75) is 82.5 Å². The van der Waals surface area contributed by atoms with Crippen molar-refractivity contribution in [1.82, 2.24) is 35.0 Å². The third-order valence-corrected chi connectivity index (χ3v) is 8.35.